The summed E-state index contributed by atoms with van der Waals surface area (Å²) >= 11 is 0. The zero-order valence-corrected chi connectivity index (χ0v) is 13.8. The van der Waals surface area contributed by atoms with E-state index in [2.05, 4.69) is 4.90 Å². The summed E-state index contributed by atoms with van der Waals surface area (Å²) in [4.78, 5) is 13.9. The van der Waals surface area contributed by atoms with Gasteiger partial charge in [0.15, 0.2) is 0 Å². The maximum atomic E-state index is 11.8. The lowest BCUT2D eigenvalue weighted by Gasteiger charge is -2.21. The number of esters is 1. The molecule has 2 aromatic carbocycles. The molecule has 2 rings (SSSR count). The average molecular weight is 313 g/mol. The number of benzene rings is 2. The molecular formula is C19H23NO3. The van der Waals surface area contributed by atoms with E-state index in [-0.39, 0.29) is 11.7 Å². The standard InChI is InChI=1S/C19H23NO3/c1-20(2)12-11-16(14-7-5-4-6-8-14)17-13-15(19(22)23-3)9-10-18(17)21/h4-10,13,16,21H,11-12H2,1-3H3. The van der Waals surface area contributed by atoms with Crippen LogP contribution in [-0.2, 0) is 4.74 Å². The Morgan fingerprint density at radius 1 is 1.17 bits per heavy atom. The van der Waals surface area contributed by atoms with E-state index in [0.717, 1.165) is 24.1 Å². The van der Waals surface area contributed by atoms with Gasteiger partial charge in [-0.15, -0.1) is 0 Å². The number of rotatable bonds is 6. The van der Waals surface area contributed by atoms with Crippen molar-refractivity contribution in [1.29, 1.82) is 0 Å². The largest absolute Gasteiger partial charge is 0.508 e. The SMILES string of the molecule is COC(=O)c1ccc(O)c(C(CCN(C)C)c2ccccc2)c1. The van der Waals surface area contributed by atoms with Crippen LogP contribution in [0.3, 0.4) is 0 Å². The molecule has 0 heterocycles. The minimum atomic E-state index is -0.398. The van der Waals surface area contributed by atoms with Crippen molar-refractivity contribution in [1.82, 2.24) is 4.90 Å². The van der Waals surface area contributed by atoms with Crippen LogP contribution < -0.4 is 0 Å². The van der Waals surface area contributed by atoms with Crippen LogP contribution in [0.4, 0.5) is 0 Å². The highest BCUT2D eigenvalue weighted by Gasteiger charge is 2.20. The molecule has 0 aliphatic heterocycles. The number of methoxy groups -OCH3 is 1. The van der Waals surface area contributed by atoms with Crippen molar-refractivity contribution in [3.63, 3.8) is 0 Å². The summed E-state index contributed by atoms with van der Waals surface area (Å²) in [6.45, 7) is 0.876. The summed E-state index contributed by atoms with van der Waals surface area (Å²) in [5, 5.41) is 10.3. The molecule has 0 bridgehead atoms. The number of phenols is 1. The van der Waals surface area contributed by atoms with Crippen molar-refractivity contribution < 1.29 is 14.6 Å². The van der Waals surface area contributed by atoms with Crippen molar-refractivity contribution in [2.45, 2.75) is 12.3 Å². The first-order chi connectivity index (χ1) is 11.0. The minimum Gasteiger partial charge on any atom is -0.508 e. The van der Waals surface area contributed by atoms with Gasteiger partial charge in [-0.1, -0.05) is 30.3 Å². The third kappa shape index (κ3) is 4.33. The number of hydrogen-bond acceptors (Lipinski definition) is 4. The quantitative estimate of drug-likeness (QED) is 0.832. The van der Waals surface area contributed by atoms with Gasteiger partial charge in [0.25, 0.3) is 0 Å². The van der Waals surface area contributed by atoms with Crippen molar-refractivity contribution in [2.24, 2.45) is 0 Å². The molecule has 1 N–H and O–H groups in total. The zero-order valence-electron chi connectivity index (χ0n) is 13.8. The molecule has 0 aliphatic rings. The summed E-state index contributed by atoms with van der Waals surface area (Å²) in [5.41, 5.74) is 2.32. The molecule has 1 atom stereocenters. The van der Waals surface area contributed by atoms with Crippen molar-refractivity contribution in [2.75, 3.05) is 27.7 Å². The van der Waals surface area contributed by atoms with Crippen molar-refractivity contribution in [3.8, 4) is 5.75 Å². The molecule has 2 aromatic rings. The smallest absolute Gasteiger partial charge is 0.337 e. The maximum Gasteiger partial charge on any atom is 0.337 e. The molecule has 0 fully saturated rings. The van der Waals surface area contributed by atoms with Crippen molar-refractivity contribution in [3.05, 3.63) is 65.2 Å². The lowest BCUT2D eigenvalue weighted by Crippen LogP contribution is -2.17. The average Bonchev–Trinajstić information content (AvgIpc) is 2.56. The van der Waals surface area contributed by atoms with E-state index in [9.17, 15) is 9.90 Å². The Balaban J connectivity index is 2.44. The van der Waals surface area contributed by atoms with Gasteiger partial charge in [-0.3, -0.25) is 0 Å². The molecule has 0 aromatic heterocycles. The number of carbonyl (C=O) groups is 1. The number of aromatic hydroxyl groups is 1. The first-order valence-electron chi connectivity index (χ1n) is 7.64. The van der Waals surface area contributed by atoms with E-state index in [1.807, 2.05) is 44.4 Å². The Bertz CT molecular complexity index is 653. The highest BCUT2D eigenvalue weighted by molar-refractivity contribution is 5.89. The molecule has 4 heteroatoms. The second-order valence-electron chi connectivity index (χ2n) is 5.82. The number of hydrogen-bond donors (Lipinski definition) is 1. The first-order valence-corrected chi connectivity index (χ1v) is 7.64. The van der Waals surface area contributed by atoms with E-state index in [1.54, 1.807) is 18.2 Å². The van der Waals surface area contributed by atoms with E-state index in [0.29, 0.717) is 5.56 Å². The molecule has 0 saturated carbocycles. The van der Waals surface area contributed by atoms with Crippen LogP contribution >= 0.6 is 0 Å². The molecule has 122 valence electrons. The summed E-state index contributed by atoms with van der Waals surface area (Å²) < 4.78 is 4.79. The number of ether oxygens (including phenoxy) is 1. The summed E-state index contributed by atoms with van der Waals surface area (Å²) in [6, 6.07) is 14.9. The highest BCUT2D eigenvalue weighted by Crippen LogP contribution is 2.34. The monoisotopic (exact) mass is 313 g/mol. The normalized spacial score (nSPS) is 12.2. The summed E-state index contributed by atoms with van der Waals surface area (Å²) in [7, 11) is 5.40. The molecule has 0 saturated heterocycles. The van der Waals surface area contributed by atoms with Gasteiger partial charge in [0.1, 0.15) is 5.75 Å². The van der Waals surface area contributed by atoms with Crippen molar-refractivity contribution >= 4 is 5.97 Å². The lowest BCUT2D eigenvalue weighted by atomic mass is 9.87. The Labute approximate surface area is 137 Å². The summed E-state index contributed by atoms with van der Waals surface area (Å²) in [5.74, 6) is -0.181. The summed E-state index contributed by atoms with van der Waals surface area (Å²) in [6.07, 6.45) is 0.842. The number of nitrogens with zero attached hydrogens (tertiary/aromatic N) is 1. The molecular weight excluding hydrogens is 290 g/mol. The van der Waals surface area contributed by atoms with Gasteiger partial charge in [-0.05, 0) is 50.8 Å². The molecule has 0 spiro atoms. The Morgan fingerprint density at radius 2 is 1.87 bits per heavy atom. The van der Waals surface area contributed by atoms with Crippen LogP contribution in [0.2, 0.25) is 0 Å². The van der Waals surface area contributed by atoms with Crippen LogP contribution in [0.25, 0.3) is 0 Å². The lowest BCUT2D eigenvalue weighted by molar-refractivity contribution is 0.0600. The Kier molecular flexibility index (Phi) is 5.77. The topological polar surface area (TPSA) is 49.8 Å². The predicted octanol–water partition coefficient (Wildman–Crippen LogP) is 3.26. The fourth-order valence-electron chi connectivity index (χ4n) is 2.65. The van der Waals surface area contributed by atoms with E-state index >= 15 is 0 Å². The van der Waals surface area contributed by atoms with Crippen LogP contribution in [0.5, 0.6) is 5.75 Å². The van der Waals surface area contributed by atoms with Crippen LogP contribution in [0.15, 0.2) is 48.5 Å². The maximum absolute atomic E-state index is 11.8. The van der Waals surface area contributed by atoms with Gasteiger partial charge >= 0.3 is 5.97 Å². The Hall–Kier alpha value is -2.33. The van der Waals surface area contributed by atoms with Crippen LogP contribution in [0.1, 0.15) is 33.8 Å². The molecule has 23 heavy (non-hydrogen) atoms. The second-order valence-corrected chi connectivity index (χ2v) is 5.82. The van der Waals surface area contributed by atoms with Gasteiger partial charge in [0, 0.05) is 11.5 Å². The fraction of sp³-hybridized carbons (Fsp3) is 0.316. The van der Waals surface area contributed by atoms with E-state index in [4.69, 9.17) is 4.74 Å². The molecule has 1 unspecified atom stereocenters. The highest BCUT2D eigenvalue weighted by atomic mass is 16.5. The zero-order chi connectivity index (χ0) is 16.8. The van der Waals surface area contributed by atoms with Gasteiger partial charge in [0.2, 0.25) is 0 Å². The second kappa shape index (κ2) is 7.79. The fourth-order valence-corrected chi connectivity index (χ4v) is 2.65. The molecule has 0 radical (unpaired) electrons. The van der Waals surface area contributed by atoms with Gasteiger partial charge < -0.3 is 14.7 Å². The first kappa shape index (κ1) is 17.0. The van der Waals surface area contributed by atoms with E-state index in [1.165, 1.54) is 7.11 Å². The van der Waals surface area contributed by atoms with E-state index < -0.39 is 5.97 Å². The third-order valence-corrected chi connectivity index (χ3v) is 3.89. The van der Waals surface area contributed by atoms with Crippen LogP contribution in [0, 0.1) is 0 Å². The van der Waals surface area contributed by atoms with Gasteiger partial charge in [0.05, 0.1) is 12.7 Å². The van der Waals surface area contributed by atoms with Gasteiger partial charge in [-0.25, -0.2) is 4.79 Å². The molecule has 0 amide bonds. The van der Waals surface area contributed by atoms with Crippen LogP contribution in [-0.4, -0.2) is 43.7 Å². The number of phenolic OH excluding ortho intramolecular Hbond substituents is 1. The minimum absolute atomic E-state index is 0.0169. The van der Waals surface area contributed by atoms with Gasteiger partial charge in [-0.2, -0.15) is 0 Å². The third-order valence-electron chi connectivity index (χ3n) is 3.89. The molecule has 4 nitrogen and oxygen atoms in total. The number of carbonyl (C=O) groups excluding carboxylic acids is 1. The molecule has 0 aliphatic carbocycles. The predicted molar refractivity (Wildman–Crippen MR) is 90.9 cm³/mol. The Morgan fingerprint density at radius 3 is 2.48 bits per heavy atom.